The third-order valence-corrected chi connectivity index (χ3v) is 3.97. The van der Waals surface area contributed by atoms with Gasteiger partial charge < -0.3 is 9.84 Å². The van der Waals surface area contributed by atoms with Crippen LogP contribution in [-0.4, -0.2) is 35.8 Å². The molecule has 0 spiro atoms. The summed E-state index contributed by atoms with van der Waals surface area (Å²) in [7, 11) is 1.59. The zero-order chi connectivity index (χ0) is 12.8. The third kappa shape index (κ3) is 2.10. The summed E-state index contributed by atoms with van der Waals surface area (Å²) in [4.78, 5) is 2.13. The standard InChI is InChI=1S/C14H18FNO2/c1-18-13-5-4-12(15)6-10(13)7-16-8-14(17,9-16)11-2-3-11/h4-6,11,17H,2-3,7-9H2,1H3. The zero-order valence-corrected chi connectivity index (χ0v) is 10.5. The fourth-order valence-electron chi connectivity index (χ4n) is 2.83. The molecule has 1 aromatic carbocycles. The van der Waals surface area contributed by atoms with Gasteiger partial charge in [0.05, 0.1) is 12.7 Å². The molecule has 98 valence electrons. The number of halogens is 1. The van der Waals surface area contributed by atoms with Gasteiger partial charge in [-0.3, -0.25) is 4.90 Å². The maximum Gasteiger partial charge on any atom is 0.123 e. The lowest BCUT2D eigenvalue weighted by Gasteiger charge is -2.47. The molecule has 0 bridgehead atoms. The van der Waals surface area contributed by atoms with E-state index in [1.54, 1.807) is 13.2 Å². The van der Waals surface area contributed by atoms with Crippen LogP contribution in [0.4, 0.5) is 4.39 Å². The number of hydrogen-bond acceptors (Lipinski definition) is 3. The van der Waals surface area contributed by atoms with Crippen LogP contribution in [0.2, 0.25) is 0 Å². The van der Waals surface area contributed by atoms with Gasteiger partial charge in [0.1, 0.15) is 11.6 Å². The van der Waals surface area contributed by atoms with Crippen molar-refractivity contribution < 1.29 is 14.2 Å². The van der Waals surface area contributed by atoms with Gasteiger partial charge in [0.25, 0.3) is 0 Å². The molecule has 1 aromatic rings. The summed E-state index contributed by atoms with van der Waals surface area (Å²) >= 11 is 0. The Morgan fingerprint density at radius 1 is 1.44 bits per heavy atom. The van der Waals surface area contributed by atoms with E-state index in [4.69, 9.17) is 4.74 Å². The Balaban J connectivity index is 1.65. The monoisotopic (exact) mass is 251 g/mol. The molecule has 2 aliphatic rings. The Bertz CT molecular complexity index is 453. The van der Waals surface area contributed by atoms with E-state index >= 15 is 0 Å². The number of rotatable bonds is 4. The zero-order valence-electron chi connectivity index (χ0n) is 10.5. The van der Waals surface area contributed by atoms with Crippen LogP contribution in [0.15, 0.2) is 18.2 Å². The molecule has 1 heterocycles. The molecular formula is C14H18FNO2. The minimum absolute atomic E-state index is 0.247. The Labute approximate surface area is 106 Å². The van der Waals surface area contributed by atoms with E-state index in [9.17, 15) is 9.50 Å². The normalized spacial score (nSPS) is 22.6. The Morgan fingerprint density at radius 3 is 2.78 bits per heavy atom. The van der Waals surface area contributed by atoms with E-state index in [2.05, 4.69) is 4.90 Å². The van der Waals surface area contributed by atoms with E-state index < -0.39 is 5.60 Å². The quantitative estimate of drug-likeness (QED) is 0.885. The van der Waals surface area contributed by atoms with Gasteiger partial charge in [0, 0.05) is 25.2 Å². The number of aliphatic hydroxyl groups is 1. The van der Waals surface area contributed by atoms with Crippen molar-refractivity contribution >= 4 is 0 Å². The van der Waals surface area contributed by atoms with Crippen molar-refractivity contribution in [3.63, 3.8) is 0 Å². The number of nitrogens with zero attached hydrogens (tertiary/aromatic N) is 1. The average Bonchev–Trinajstić information content (AvgIpc) is 3.11. The number of ether oxygens (including phenoxy) is 1. The molecular weight excluding hydrogens is 233 g/mol. The van der Waals surface area contributed by atoms with Gasteiger partial charge in [-0.1, -0.05) is 0 Å². The largest absolute Gasteiger partial charge is 0.496 e. The first-order valence-corrected chi connectivity index (χ1v) is 6.38. The Morgan fingerprint density at radius 2 is 2.17 bits per heavy atom. The van der Waals surface area contributed by atoms with Gasteiger partial charge >= 0.3 is 0 Å². The van der Waals surface area contributed by atoms with Gasteiger partial charge in [0.15, 0.2) is 0 Å². The van der Waals surface area contributed by atoms with Crippen LogP contribution in [0.3, 0.4) is 0 Å². The molecule has 1 N–H and O–H groups in total. The summed E-state index contributed by atoms with van der Waals surface area (Å²) in [5.41, 5.74) is 0.357. The topological polar surface area (TPSA) is 32.7 Å². The lowest BCUT2D eigenvalue weighted by Crippen LogP contribution is -2.62. The SMILES string of the molecule is COc1ccc(F)cc1CN1CC(O)(C2CC2)C1. The van der Waals surface area contributed by atoms with Crippen molar-refractivity contribution in [2.45, 2.75) is 25.0 Å². The van der Waals surface area contributed by atoms with Crippen LogP contribution in [0.25, 0.3) is 0 Å². The molecule has 1 saturated carbocycles. The molecule has 3 rings (SSSR count). The fourth-order valence-corrected chi connectivity index (χ4v) is 2.83. The lowest BCUT2D eigenvalue weighted by atomic mass is 9.88. The highest BCUT2D eigenvalue weighted by Gasteiger charge is 2.51. The maximum absolute atomic E-state index is 13.2. The highest BCUT2D eigenvalue weighted by Crippen LogP contribution is 2.45. The number of likely N-dealkylation sites (tertiary alicyclic amines) is 1. The molecule has 1 aliphatic heterocycles. The predicted octanol–water partition coefficient (Wildman–Crippen LogP) is 1.79. The van der Waals surface area contributed by atoms with Gasteiger partial charge in [0.2, 0.25) is 0 Å². The van der Waals surface area contributed by atoms with Crippen molar-refractivity contribution in [3.8, 4) is 5.75 Å². The Kier molecular flexibility index (Phi) is 2.79. The van der Waals surface area contributed by atoms with Crippen LogP contribution in [0.1, 0.15) is 18.4 Å². The van der Waals surface area contributed by atoms with E-state index in [0.717, 1.165) is 18.4 Å². The molecule has 3 nitrogen and oxygen atoms in total. The van der Waals surface area contributed by atoms with E-state index in [1.807, 2.05) is 0 Å². The van der Waals surface area contributed by atoms with Crippen molar-refractivity contribution in [3.05, 3.63) is 29.6 Å². The molecule has 0 amide bonds. The van der Waals surface area contributed by atoms with Gasteiger partial charge in [-0.15, -0.1) is 0 Å². The molecule has 0 unspecified atom stereocenters. The molecule has 1 saturated heterocycles. The minimum atomic E-state index is -0.486. The van der Waals surface area contributed by atoms with Gasteiger partial charge in [-0.2, -0.15) is 0 Å². The molecule has 0 radical (unpaired) electrons. The summed E-state index contributed by atoms with van der Waals surface area (Å²) in [5.74, 6) is 0.949. The first kappa shape index (κ1) is 11.9. The van der Waals surface area contributed by atoms with E-state index in [-0.39, 0.29) is 5.82 Å². The highest BCUT2D eigenvalue weighted by atomic mass is 19.1. The third-order valence-electron chi connectivity index (χ3n) is 3.97. The summed E-state index contributed by atoms with van der Waals surface area (Å²) in [6, 6.07) is 4.56. The Hall–Kier alpha value is -1.13. The number of hydrogen-bond donors (Lipinski definition) is 1. The van der Waals surface area contributed by atoms with Crippen molar-refractivity contribution in [2.75, 3.05) is 20.2 Å². The summed E-state index contributed by atoms with van der Waals surface area (Å²) in [5, 5.41) is 10.2. The summed E-state index contributed by atoms with van der Waals surface area (Å²) in [6.45, 7) is 2.02. The van der Waals surface area contributed by atoms with Crippen LogP contribution in [0, 0.1) is 11.7 Å². The van der Waals surface area contributed by atoms with Gasteiger partial charge in [-0.05, 0) is 37.0 Å². The van der Waals surface area contributed by atoms with Crippen molar-refractivity contribution in [2.24, 2.45) is 5.92 Å². The van der Waals surface area contributed by atoms with Gasteiger partial charge in [-0.25, -0.2) is 4.39 Å². The average molecular weight is 251 g/mol. The second-order valence-corrected chi connectivity index (χ2v) is 5.48. The fraction of sp³-hybridized carbons (Fsp3) is 0.571. The number of methoxy groups -OCH3 is 1. The van der Waals surface area contributed by atoms with Crippen LogP contribution >= 0.6 is 0 Å². The number of benzene rings is 1. The van der Waals surface area contributed by atoms with Crippen LogP contribution in [0.5, 0.6) is 5.75 Å². The van der Waals surface area contributed by atoms with Crippen molar-refractivity contribution in [1.82, 2.24) is 4.90 Å². The van der Waals surface area contributed by atoms with E-state index in [0.29, 0.717) is 31.3 Å². The molecule has 1 aliphatic carbocycles. The molecule has 18 heavy (non-hydrogen) atoms. The second kappa shape index (κ2) is 4.21. The minimum Gasteiger partial charge on any atom is -0.496 e. The maximum atomic E-state index is 13.2. The smallest absolute Gasteiger partial charge is 0.123 e. The first-order valence-electron chi connectivity index (χ1n) is 6.38. The first-order chi connectivity index (χ1) is 8.60. The second-order valence-electron chi connectivity index (χ2n) is 5.48. The highest BCUT2D eigenvalue weighted by molar-refractivity contribution is 5.34. The summed E-state index contributed by atoms with van der Waals surface area (Å²) in [6.07, 6.45) is 2.29. The van der Waals surface area contributed by atoms with Crippen LogP contribution in [-0.2, 0) is 6.54 Å². The predicted molar refractivity (Wildman–Crippen MR) is 65.9 cm³/mol. The van der Waals surface area contributed by atoms with E-state index in [1.165, 1.54) is 12.1 Å². The lowest BCUT2D eigenvalue weighted by molar-refractivity contribution is -0.116. The molecule has 2 fully saturated rings. The van der Waals surface area contributed by atoms with Crippen molar-refractivity contribution in [1.29, 1.82) is 0 Å². The molecule has 4 heteroatoms. The number of β-amino-alcohol motifs (C(OH)–C–C–N with tert-alkyl or cyclic N) is 1. The van der Waals surface area contributed by atoms with Crippen LogP contribution < -0.4 is 4.74 Å². The molecule has 0 aromatic heterocycles. The molecule has 0 atom stereocenters. The summed E-state index contributed by atoms with van der Waals surface area (Å²) < 4.78 is 18.4.